The SMILES string of the molecule is Nc1nc2nc[nH]c2c(=O)[nH]1.O=P(O)(O)O.O=c1[nH]cnc2nc[nH]c12. The summed E-state index contributed by atoms with van der Waals surface area (Å²) in [5.41, 5.74) is 6.32. The predicted molar refractivity (Wildman–Crippen MR) is 87.7 cm³/mol. The maximum absolute atomic E-state index is 11.0. The summed E-state index contributed by atoms with van der Waals surface area (Å²) >= 11 is 0. The number of nitrogens with two attached hydrogens (primary N) is 1. The van der Waals surface area contributed by atoms with Crippen LogP contribution in [0.2, 0.25) is 0 Å². The van der Waals surface area contributed by atoms with Crippen LogP contribution < -0.4 is 16.9 Å². The van der Waals surface area contributed by atoms with Gasteiger partial charge in [0, 0.05) is 0 Å². The van der Waals surface area contributed by atoms with Crippen molar-refractivity contribution < 1.29 is 19.2 Å². The molecule has 4 heterocycles. The van der Waals surface area contributed by atoms with Gasteiger partial charge in [-0.2, -0.15) is 4.98 Å². The van der Waals surface area contributed by atoms with Crippen molar-refractivity contribution in [1.29, 1.82) is 0 Å². The average molecular weight is 385 g/mol. The number of hydrogen-bond donors (Lipinski definition) is 8. The summed E-state index contributed by atoms with van der Waals surface area (Å²) in [6, 6.07) is 0. The topological polar surface area (TPSA) is 253 Å². The standard InChI is InChI=1S/C5H5N5O.C5H4N4O.H3O4P/c6-5-9-3-2(4(11)10-5)7-1-8-3;10-5-3-4(7-1-6-3)8-2-9-5;1-5(2,3)4/h1H,(H4,6,7,8,9,10,11);1-2H,(H2,6,7,8,9,10);(H3,1,2,3,4). The summed E-state index contributed by atoms with van der Waals surface area (Å²) in [6.45, 7) is 0. The van der Waals surface area contributed by atoms with Gasteiger partial charge in [-0.25, -0.2) is 19.5 Å². The summed E-state index contributed by atoms with van der Waals surface area (Å²) in [5.74, 6) is 0.0783. The number of phosphoric acid groups is 1. The van der Waals surface area contributed by atoms with Crippen LogP contribution in [0.15, 0.2) is 28.6 Å². The normalized spacial score (nSPS) is 10.7. The van der Waals surface area contributed by atoms with E-state index < -0.39 is 7.82 Å². The highest BCUT2D eigenvalue weighted by molar-refractivity contribution is 7.45. The molecular formula is C10H12N9O6P. The molecule has 0 fully saturated rings. The smallest absolute Gasteiger partial charge is 0.369 e. The second-order valence-electron chi connectivity index (χ2n) is 4.40. The zero-order valence-corrected chi connectivity index (χ0v) is 13.5. The molecule has 16 heteroatoms. The lowest BCUT2D eigenvalue weighted by Crippen LogP contribution is -2.10. The minimum absolute atomic E-state index is 0.0783. The Morgan fingerprint density at radius 2 is 1.31 bits per heavy atom. The number of imidazole rings is 2. The average Bonchev–Trinajstić information content (AvgIpc) is 3.15. The lowest BCUT2D eigenvalue weighted by Gasteiger charge is -1.89. The van der Waals surface area contributed by atoms with Crippen LogP contribution in [-0.4, -0.2) is 54.6 Å². The quantitative estimate of drug-likeness (QED) is 0.153. The highest BCUT2D eigenvalue weighted by Gasteiger charge is 2.02. The first kappa shape index (κ1) is 18.9. The second-order valence-corrected chi connectivity index (χ2v) is 5.42. The molecule has 26 heavy (non-hydrogen) atoms. The number of fused-ring (bicyclic) bond motifs is 2. The number of anilines is 1. The fraction of sp³-hybridized carbons (Fsp3) is 0. The van der Waals surface area contributed by atoms with Gasteiger partial charge in [0.25, 0.3) is 11.1 Å². The molecule has 4 aromatic heterocycles. The molecular weight excluding hydrogens is 373 g/mol. The number of nitrogens with zero attached hydrogens (tertiary/aromatic N) is 4. The van der Waals surface area contributed by atoms with Crippen LogP contribution in [-0.2, 0) is 4.57 Å². The molecule has 0 spiro atoms. The molecule has 0 saturated carbocycles. The minimum atomic E-state index is -4.64. The van der Waals surface area contributed by atoms with Crippen molar-refractivity contribution in [3.8, 4) is 0 Å². The van der Waals surface area contributed by atoms with Gasteiger partial charge in [-0.1, -0.05) is 0 Å². The number of aromatic amines is 4. The predicted octanol–water partition coefficient (Wildman–Crippen LogP) is -2.05. The van der Waals surface area contributed by atoms with E-state index in [1.165, 1.54) is 19.0 Å². The van der Waals surface area contributed by atoms with Gasteiger partial charge in [0.1, 0.15) is 0 Å². The van der Waals surface area contributed by atoms with E-state index in [-0.39, 0.29) is 17.1 Å². The Bertz CT molecular complexity index is 1160. The van der Waals surface area contributed by atoms with Crippen molar-refractivity contribution >= 4 is 36.1 Å². The Morgan fingerprint density at radius 1 is 0.846 bits per heavy atom. The van der Waals surface area contributed by atoms with E-state index in [0.717, 1.165) is 0 Å². The summed E-state index contributed by atoms with van der Waals surface area (Å²) in [4.78, 5) is 68.7. The Hall–Kier alpha value is -3.39. The molecule has 0 bridgehead atoms. The van der Waals surface area contributed by atoms with Gasteiger partial charge in [-0.15, -0.1) is 0 Å². The van der Waals surface area contributed by atoms with Crippen molar-refractivity contribution in [2.24, 2.45) is 0 Å². The molecule has 0 aromatic carbocycles. The van der Waals surface area contributed by atoms with Gasteiger partial charge in [0.15, 0.2) is 22.3 Å². The molecule has 0 unspecified atom stereocenters. The molecule has 138 valence electrons. The third-order valence-electron chi connectivity index (χ3n) is 2.54. The highest BCUT2D eigenvalue weighted by Crippen LogP contribution is 2.25. The summed E-state index contributed by atoms with van der Waals surface area (Å²) < 4.78 is 8.88. The van der Waals surface area contributed by atoms with E-state index in [1.807, 2.05) is 0 Å². The molecule has 0 amide bonds. The maximum Gasteiger partial charge on any atom is 0.466 e. The zero-order valence-electron chi connectivity index (χ0n) is 12.6. The lowest BCUT2D eigenvalue weighted by molar-refractivity contribution is 0.275. The minimum Gasteiger partial charge on any atom is -0.369 e. The number of aromatic nitrogens is 8. The van der Waals surface area contributed by atoms with E-state index in [0.29, 0.717) is 22.3 Å². The first-order valence-corrected chi connectivity index (χ1v) is 8.05. The van der Waals surface area contributed by atoms with Gasteiger partial charge in [0.05, 0.1) is 19.0 Å². The Balaban J connectivity index is 0.000000151. The monoisotopic (exact) mass is 385 g/mol. The van der Waals surface area contributed by atoms with Gasteiger partial charge in [-0.05, 0) is 0 Å². The zero-order chi connectivity index (χ0) is 19.3. The van der Waals surface area contributed by atoms with Crippen molar-refractivity contribution in [2.75, 3.05) is 5.73 Å². The lowest BCUT2D eigenvalue weighted by atomic mass is 10.5. The number of nitrogens with one attached hydrogen (secondary N) is 4. The van der Waals surface area contributed by atoms with Gasteiger partial charge in [-0.3, -0.25) is 14.6 Å². The van der Waals surface area contributed by atoms with Gasteiger partial charge < -0.3 is 35.4 Å². The molecule has 9 N–H and O–H groups in total. The van der Waals surface area contributed by atoms with Crippen LogP contribution in [0.1, 0.15) is 0 Å². The molecule has 4 aromatic rings. The van der Waals surface area contributed by atoms with E-state index in [1.54, 1.807) is 0 Å². The molecule has 0 radical (unpaired) electrons. The summed E-state index contributed by atoms with van der Waals surface area (Å²) in [6.07, 6.45) is 4.16. The van der Waals surface area contributed by atoms with Crippen LogP contribution in [0.25, 0.3) is 22.3 Å². The fourth-order valence-electron chi connectivity index (χ4n) is 1.64. The third-order valence-corrected chi connectivity index (χ3v) is 2.54. The van der Waals surface area contributed by atoms with Crippen molar-refractivity contribution in [3.05, 3.63) is 39.7 Å². The fourth-order valence-corrected chi connectivity index (χ4v) is 1.64. The van der Waals surface area contributed by atoms with E-state index in [4.69, 9.17) is 25.0 Å². The van der Waals surface area contributed by atoms with E-state index >= 15 is 0 Å². The molecule has 0 saturated heterocycles. The molecule has 0 atom stereocenters. The molecule has 15 nitrogen and oxygen atoms in total. The van der Waals surface area contributed by atoms with Gasteiger partial charge >= 0.3 is 7.82 Å². The van der Waals surface area contributed by atoms with Crippen molar-refractivity contribution in [1.82, 2.24) is 39.9 Å². The van der Waals surface area contributed by atoms with Crippen LogP contribution in [0.4, 0.5) is 5.95 Å². The second kappa shape index (κ2) is 7.66. The number of rotatable bonds is 0. The van der Waals surface area contributed by atoms with Crippen molar-refractivity contribution in [2.45, 2.75) is 0 Å². The third kappa shape index (κ3) is 5.32. The van der Waals surface area contributed by atoms with Crippen LogP contribution in [0.5, 0.6) is 0 Å². The van der Waals surface area contributed by atoms with Crippen LogP contribution in [0.3, 0.4) is 0 Å². The van der Waals surface area contributed by atoms with Crippen molar-refractivity contribution in [3.63, 3.8) is 0 Å². The molecule has 4 rings (SSSR count). The summed E-state index contributed by atoms with van der Waals surface area (Å²) in [5, 5.41) is 0. The Labute approximate surface area is 141 Å². The number of hydrogen-bond acceptors (Lipinski definition) is 8. The Morgan fingerprint density at radius 3 is 1.85 bits per heavy atom. The molecule has 0 aliphatic heterocycles. The Kier molecular flexibility index (Phi) is 5.58. The number of nitrogen functional groups attached to an aromatic ring is 1. The largest absolute Gasteiger partial charge is 0.466 e. The van der Waals surface area contributed by atoms with Crippen LogP contribution >= 0.6 is 7.82 Å². The van der Waals surface area contributed by atoms with Gasteiger partial charge in [0.2, 0.25) is 5.95 Å². The first-order valence-electron chi connectivity index (χ1n) is 6.49. The van der Waals surface area contributed by atoms with E-state index in [9.17, 15) is 9.59 Å². The molecule has 0 aliphatic rings. The maximum atomic E-state index is 11.0. The number of H-pyrrole nitrogens is 4. The summed E-state index contributed by atoms with van der Waals surface area (Å²) in [7, 11) is -4.64. The van der Waals surface area contributed by atoms with E-state index in [2.05, 4.69) is 39.9 Å². The van der Waals surface area contributed by atoms with Crippen LogP contribution in [0, 0.1) is 0 Å². The first-order chi connectivity index (χ1) is 12.1. The molecule has 0 aliphatic carbocycles. The highest BCUT2D eigenvalue weighted by atomic mass is 31.2.